The molecule has 1 saturated heterocycles. The molecule has 0 bridgehead atoms. The van der Waals surface area contributed by atoms with Crippen molar-refractivity contribution in [3.8, 4) is 5.75 Å². The van der Waals surface area contributed by atoms with Gasteiger partial charge in [0.05, 0.1) is 12.7 Å². The predicted molar refractivity (Wildman–Crippen MR) is 70.8 cm³/mol. The van der Waals surface area contributed by atoms with Crippen molar-refractivity contribution in [3.63, 3.8) is 0 Å². The fourth-order valence-corrected chi connectivity index (χ4v) is 3.53. The number of halogens is 3. The molecule has 0 amide bonds. The van der Waals surface area contributed by atoms with Crippen molar-refractivity contribution < 1.29 is 27.8 Å². The highest BCUT2D eigenvalue weighted by molar-refractivity contribution is 5.79. The molecular weight excluding hydrogens is 301 g/mol. The molecule has 0 aromatic carbocycles. The maximum atomic E-state index is 15.0. The van der Waals surface area contributed by atoms with E-state index in [0.717, 1.165) is 6.20 Å². The van der Waals surface area contributed by atoms with E-state index < -0.39 is 23.7 Å². The van der Waals surface area contributed by atoms with E-state index in [1.54, 1.807) is 4.90 Å². The van der Waals surface area contributed by atoms with Crippen LogP contribution >= 0.6 is 0 Å². The molecule has 120 valence electrons. The third kappa shape index (κ3) is 2.17. The first-order chi connectivity index (χ1) is 10.4. The lowest BCUT2D eigenvalue weighted by atomic mass is 9.78. The molecule has 2 fully saturated rings. The van der Waals surface area contributed by atoms with Gasteiger partial charge in [-0.3, -0.25) is 4.79 Å². The van der Waals surface area contributed by atoms with E-state index in [0.29, 0.717) is 18.7 Å². The van der Waals surface area contributed by atoms with E-state index in [-0.39, 0.29) is 25.3 Å². The van der Waals surface area contributed by atoms with Crippen LogP contribution in [0.3, 0.4) is 0 Å². The average Bonchev–Trinajstić information content (AvgIpc) is 2.90. The number of alkyl halides is 3. The molecular formula is C14H15F3N2O3. The number of carboxylic acid groups (broad SMARTS) is 1. The highest BCUT2D eigenvalue weighted by Crippen LogP contribution is 2.54. The summed E-state index contributed by atoms with van der Waals surface area (Å²) < 4.78 is 43.4. The Balaban J connectivity index is 1.81. The molecule has 1 N–H and O–H groups in total. The van der Waals surface area contributed by atoms with Crippen LogP contribution in [0.5, 0.6) is 5.75 Å². The van der Waals surface area contributed by atoms with Crippen LogP contribution in [0.4, 0.5) is 19.0 Å². The van der Waals surface area contributed by atoms with Crippen LogP contribution in [0.15, 0.2) is 18.3 Å². The van der Waals surface area contributed by atoms with Crippen LogP contribution in [0.1, 0.15) is 19.3 Å². The van der Waals surface area contributed by atoms with E-state index >= 15 is 4.39 Å². The van der Waals surface area contributed by atoms with Gasteiger partial charge in [0.1, 0.15) is 22.7 Å². The smallest absolute Gasteiger partial charge is 0.387 e. The number of pyridine rings is 1. The maximum Gasteiger partial charge on any atom is 0.387 e. The van der Waals surface area contributed by atoms with Crippen LogP contribution in [-0.2, 0) is 4.79 Å². The van der Waals surface area contributed by atoms with Gasteiger partial charge in [-0.25, -0.2) is 9.37 Å². The Bertz CT molecular complexity index is 583. The molecule has 5 nitrogen and oxygen atoms in total. The largest absolute Gasteiger partial charge is 0.481 e. The van der Waals surface area contributed by atoms with Crippen LogP contribution in [0, 0.1) is 5.41 Å². The molecule has 2 aliphatic rings. The molecule has 1 aromatic heterocycles. The first-order valence-corrected chi connectivity index (χ1v) is 6.94. The third-order valence-electron chi connectivity index (χ3n) is 4.62. The molecule has 3 rings (SSSR count). The molecule has 2 heterocycles. The van der Waals surface area contributed by atoms with Gasteiger partial charge in [-0.2, -0.15) is 8.78 Å². The van der Waals surface area contributed by atoms with E-state index in [1.165, 1.54) is 12.1 Å². The zero-order chi connectivity index (χ0) is 16.0. The zero-order valence-electron chi connectivity index (χ0n) is 11.6. The summed E-state index contributed by atoms with van der Waals surface area (Å²) in [6.45, 7) is -2.97. The van der Waals surface area contributed by atoms with Gasteiger partial charge in [-0.05, 0) is 31.4 Å². The molecule has 0 unspecified atom stereocenters. The SMILES string of the molecule is O=C(O)[C@]12CCC[C@@]1(F)CN(c1ccc(OC(F)F)cn1)C2. The predicted octanol–water partition coefficient (Wildman–Crippen LogP) is 2.47. The Morgan fingerprint density at radius 1 is 1.36 bits per heavy atom. The number of hydrogen-bond acceptors (Lipinski definition) is 4. The fourth-order valence-electron chi connectivity index (χ4n) is 3.53. The summed E-state index contributed by atoms with van der Waals surface area (Å²) in [4.78, 5) is 17.1. The Morgan fingerprint density at radius 3 is 2.68 bits per heavy atom. The van der Waals surface area contributed by atoms with Crippen molar-refractivity contribution >= 4 is 11.8 Å². The van der Waals surface area contributed by atoms with Gasteiger partial charge in [-0.15, -0.1) is 0 Å². The normalized spacial score (nSPS) is 30.6. The van der Waals surface area contributed by atoms with Gasteiger partial charge < -0.3 is 14.7 Å². The summed E-state index contributed by atoms with van der Waals surface area (Å²) in [5.41, 5.74) is -3.19. The summed E-state index contributed by atoms with van der Waals surface area (Å²) in [6, 6.07) is 2.73. The third-order valence-corrected chi connectivity index (χ3v) is 4.62. The number of hydrogen-bond donors (Lipinski definition) is 1. The van der Waals surface area contributed by atoms with Crippen LogP contribution in [0.25, 0.3) is 0 Å². The lowest BCUT2D eigenvalue weighted by Gasteiger charge is -2.27. The highest BCUT2D eigenvalue weighted by Gasteiger charge is 2.66. The van der Waals surface area contributed by atoms with Crippen molar-refractivity contribution in [1.82, 2.24) is 4.98 Å². The van der Waals surface area contributed by atoms with Crippen LogP contribution < -0.4 is 9.64 Å². The van der Waals surface area contributed by atoms with E-state index in [1.807, 2.05) is 0 Å². The number of ether oxygens (including phenoxy) is 1. The number of anilines is 1. The summed E-state index contributed by atoms with van der Waals surface area (Å²) in [7, 11) is 0. The quantitative estimate of drug-likeness (QED) is 0.924. The second-order valence-electron chi connectivity index (χ2n) is 5.79. The first-order valence-electron chi connectivity index (χ1n) is 6.94. The first kappa shape index (κ1) is 14.9. The molecule has 1 aliphatic carbocycles. The van der Waals surface area contributed by atoms with Crippen LogP contribution in [-0.4, -0.2) is 41.4 Å². The fraction of sp³-hybridized carbons (Fsp3) is 0.571. The molecule has 0 spiro atoms. The number of aromatic nitrogens is 1. The summed E-state index contributed by atoms with van der Waals surface area (Å²) in [5.74, 6) is -0.873. The van der Waals surface area contributed by atoms with E-state index in [4.69, 9.17) is 0 Å². The Hall–Kier alpha value is -1.99. The monoisotopic (exact) mass is 316 g/mol. The number of carboxylic acids is 1. The Labute approximate surface area is 124 Å². The molecule has 1 aliphatic heterocycles. The minimum absolute atomic E-state index is 0.0287. The van der Waals surface area contributed by atoms with Crippen molar-refractivity contribution in [2.24, 2.45) is 5.41 Å². The second kappa shape index (κ2) is 5.03. The maximum absolute atomic E-state index is 15.0. The number of fused-ring (bicyclic) bond motifs is 1. The number of aliphatic carboxylic acids is 1. The topological polar surface area (TPSA) is 62.7 Å². The molecule has 0 radical (unpaired) electrons. The van der Waals surface area contributed by atoms with Gasteiger partial charge in [0.15, 0.2) is 0 Å². The summed E-state index contributed by atoms with van der Waals surface area (Å²) in [5, 5.41) is 9.46. The van der Waals surface area contributed by atoms with Crippen molar-refractivity contribution in [2.75, 3.05) is 18.0 Å². The van der Waals surface area contributed by atoms with Gasteiger partial charge >= 0.3 is 12.6 Å². The standard InChI is InChI=1S/C14H15F3N2O3/c15-12(16)22-9-2-3-10(18-6-9)19-7-13(11(20)21)4-1-5-14(13,17)8-19/h2-3,6,12H,1,4-5,7-8H2,(H,20,21)/t13-,14-/m1/s1. The van der Waals surface area contributed by atoms with Gasteiger partial charge in [0.2, 0.25) is 0 Å². The second-order valence-corrected chi connectivity index (χ2v) is 5.79. The van der Waals surface area contributed by atoms with Gasteiger partial charge in [-0.1, -0.05) is 0 Å². The van der Waals surface area contributed by atoms with Gasteiger partial charge in [0, 0.05) is 6.54 Å². The van der Waals surface area contributed by atoms with Gasteiger partial charge in [0.25, 0.3) is 0 Å². The Morgan fingerprint density at radius 2 is 2.14 bits per heavy atom. The highest BCUT2D eigenvalue weighted by atomic mass is 19.3. The van der Waals surface area contributed by atoms with E-state index in [2.05, 4.69) is 9.72 Å². The number of nitrogens with zero attached hydrogens (tertiary/aromatic N) is 2. The number of carbonyl (C=O) groups is 1. The van der Waals surface area contributed by atoms with Crippen molar-refractivity contribution in [1.29, 1.82) is 0 Å². The zero-order valence-corrected chi connectivity index (χ0v) is 11.6. The Kier molecular flexibility index (Phi) is 3.41. The summed E-state index contributed by atoms with van der Waals surface area (Å²) in [6.07, 6.45) is 2.17. The van der Waals surface area contributed by atoms with Crippen LogP contribution in [0.2, 0.25) is 0 Å². The van der Waals surface area contributed by atoms with Crippen molar-refractivity contribution in [3.05, 3.63) is 18.3 Å². The molecule has 22 heavy (non-hydrogen) atoms. The summed E-state index contributed by atoms with van der Waals surface area (Å²) >= 11 is 0. The molecule has 8 heteroatoms. The number of rotatable bonds is 4. The lowest BCUT2D eigenvalue weighted by Crippen LogP contribution is -2.45. The molecule has 1 aromatic rings. The average molecular weight is 316 g/mol. The van der Waals surface area contributed by atoms with E-state index in [9.17, 15) is 18.7 Å². The molecule has 2 atom stereocenters. The lowest BCUT2D eigenvalue weighted by molar-refractivity contribution is -0.153. The minimum Gasteiger partial charge on any atom is -0.481 e. The van der Waals surface area contributed by atoms with Crippen molar-refractivity contribution in [2.45, 2.75) is 31.5 Å². The molecule has 1 saturated carbocycles. The minimum atomic E-state index is -2.94.